The summed E-state index contributed by atoms with van der Waals surface area (Å²) in [7, 11) is 2.15. The Balaban J connectivity index is 2.16. The van der Waals surface area contributed by atoms with Gasteiger partial charge < -0.3 is 10.2 Å². The highest BCUT2D eigenvalue weighted by atomic mass is 35.5. The highest BCUT2D eigenvalue weighted by Crippen LogP contribution is 2.16. The monoisotopic (exact) mass is 282 g/mol. The van der Waals surface area contributed by atoms with Gasteiger partial charge in [0, 0.05) is 24.7 Å². The van der Waals surface area contributed by atoms with E-state index in [0.29, 0.717) is 5.41 Å². The number of rotatable bonds is 7. The van der Waals surface area contributed by atoms with Gasteiger partial charge in [-0.2, -0.15) is 0 Å². The van der Waals surface area contributed by atoms with E-state index in [1.807, 2.05) is 18.2 Å². The minimum atomic E-state index is 0.416. The standard InChI is InChI=1S/C16H27ClN2/c1-16(2,3)8-9-18-10-11-19(4)13-14-6-5-7-15(17)12-14/h5-7,12,18H,8-11,13H2,1-4H3. The first-order valence-corrected chi connectivity index (χ1v) is 7.38. The van der Waals surface area contributed by atoms with Crippen LogP contribution in [-0.2, 0) is 6.54 Å². The van der Waals surface area contributed by atoms with Crippen LogP contribution in [0.25, 0.3) is 0 Å². The molecule has 0 amide bonds. The van der Waals surface area contributed by atoms with Crippen molar-refractivity contribution >= 4 is 11.6 Å². The lowest BCUT2D eigenvalue weighted by atomic mass is 9.92. The van der Waals surface area contributed by atoms with Crippen molar-refractivity contribution in [3.05, 3.63) is 34.9 Å². The van der Waals surface area contributed by atoms with E-state index in [2.05, 4.69) is 44.1 Å². The first-order valence-electron chi connectivity index (χ1n) is 7.00. The maximum absolute atomic E-state index is 5.99. The Morgan fingerprint density at radius 1 is 1.21 bits per heavy atom. The molecule has 19 heavy (non-hydrogen) atoms. The molecule has 1 aromatic carbocycles. The highest BCUT2D eigenvalue weighted by molar-refractivity contribution is 6.30. The predicted molar refractivity (Wildman–Crippen MR) is 84.7 cm³/mol. The molecule has 0 aromatic heterocycles. The lowest BCUT2D eigenvalue weighted by molar-refractivity contribution is 0.314. The van der Waals surface area contributed by atoms with Crippen molar-refractivity contribution in [2.45, 2.75) is 33.7 Å². The van der Waals surface area contributed by atoms with E-state index >= 15 is 0 Å². The number of nitrogens with one attached hydrogen (secondary N) is 1. The molecule has 2 nitrogen and oxygen atoms in total. The van der Waals surface area contributed by atoms with Crippen LogP contribution in [0.5, 0.6) is 0 Å². The molecule has 1 rings (SSSR count). The van der Waals surface area contributed by atoms with Crippen molar-refractivity contribution in [3.63, 3.8) is 0 Å². The van der Waals surface area contributed by atoms with Crippen molar-refractivity contribution < 1.29 is 0 Å². The fourth-order valence-electron chi connectivity index (χ4n) is 1.88. The smallest absolute Gasteiger partial charge is 0.0409 e. The first kappa shape index (κ1) is 16.5. The van der Waals surface area contributed by atoms with Crippen molar-refractivity contribution in [2.24, 2.45) is 5.41 Å². The summed E-state index contributed by atoms with van der Waals surface area (Å²) >= 11 is 5.99. The van der Waals surface area contributed by atoms with Crippen LogP contribution in [-0.4, -0.2) is 31.6 Å². The van der Waals surface area contributed by atoms with Crippen LogP contribution in [0.1, 0.15) is 32.8 Å². The maximum atomic E-state index is 5.99. The van der Waals surface area contributed by atoms with E-state index in [0.717, 1.165) is 31.2 Å². The fraction of sp³-hybridized carbons (Fsp3) is 0.625. The lowest BCUT2D eigenvalue weighted by Crippen LogP contribution is -2.30. The second kappa shape index (κ2) is 7.88. The molecule has 0 bridgehead atoms. The Morgan fingerprint density at radius 2 is 1.95 bits per heavy atom. The Bertz CT molecular complexity index is 371. The average Bonchev–Trinajstić information content (AvgIpc) is 2.26. The third-order valence-corrected chi connectivity index (χ3v) is 3.30. The minimum Gasteiger partial charge on any atom is -0.315 e. The van der Waals surface area contributed by atoms with Gasteiger partial charge in [0.05, 0.1) is 0 Å². The Kier molecular flexibility index (Phi) is 6.84. The Labute approximate surface area is 123 Å². The van der Waals surface area contributed by atoms with E-state index in [1.54, 1.807) is 0 Å². The summed E-state index contributed by atoms with van der Waals surface area (Å²) in [6.07, 6.45) is 1.21. The van der Waals surface area contributed by atoms with Gasteiger partial charge in [0.25, 0.3) is 0 Å². The Hall–Kier alpha value is -0.570. The molecule has 108 valence electrons. The van der Waals surface area contributed by atoms with Crippen LogP contribution < -0.4 is 5.32 Å². The zero-order chi connectivity index (χ0) is 14.3. The fourth-order valence-corrected chi connectivity index (χ4v) is 2.10. The molecule has 1 aromatic rings. The summed E-state index contributed by atoms with van der Waals surface area (Å²) in [5.41, 5.74) is 1.68. The zero-order valence-corrected chi connectivity index (χ0v) is 13.4. The summed E-state index contributed by atoms with van der Waals surface area (Å²) < 4.78 is 0. The van der Waals surface area contributed by atoms with Gasteiger partial charge >= 0.3 is 0 Å². The molecule has 0 atom stereocenters. The second-order valence-corrected chi connectivity index (χ2v) is 6.86. The summed E-state index contributed by atoms with van der Waals surface area (Å²) in [4.78, 5) is 2.32. The molecule has 0 aliphatic carbocycles. The van der Waals surface area contributed by atoms with Gasteiger partial charge in [-0.3, -0.25) is 0 Å². The number of benzene rings is 1. The van der Waals surface area contributed by atoms with Crippen molar-refractivity contribution in [3.8, 4) is 0 Å². The number of likely N-dealkylation sites (N-methyl/N-ethyl adjacent to an activating group) is 1. The van der Waals surface area contributed by atoms with Crippen LogP contribution in [0.4, 0.5) is 0 Å². The molecule has 0 saturated carbocycles. The quantitative estimate of drug-likeness (QED) is 0.766. The molecule has 0 saturated heterocycles. The topological polar surface area (TPSA) is 15.3 Å². The van der Waals surface area contributed by atoms with Crippen LogP contribution in [0, 0.1) is 5.41 Å². The summed E-state index contributed by atoms with van der Waals surface area (Å²) in [5, 5.41) is 4.32. The lowest BCUT2D eigenvalue weighted by Gasteiger charge is -2.20. The molecular formula is C16H27ClN2. The Morgan fingerprint density at radius 3 is 2.58 bits per heavy atom. The van der Waals surface area contributed by atoms with E-state index in [1.165, 1.54) is 12.0 Å². The molecule has 0 radical (unpaired) electrons. The molecule has 0 spiro atoms. The maximum Gasteiger partial charge on any atom is 0.0409 e. The SMILES string of the molecule is CN(CCNCCC(C)(C)C)Cc1cccc(Cl)c1. The van der Waals surface area contributed by atoms with Crippen LogP contribution in [0.15, 0.2) is 24.3 Å². The van der Waals surface area contributed by atoms with Crippen molar-refractivity contribution in [1.82, 2.24) is 10.2 Å². The molecule has 1 N–H and O–H groups in total. The minimum absolute atomic E-state index is 0.416. The largest absolute Gasteiger partial charge is 0.315 e. The predicted octanol–water partition coefficient (Wildman–Crippen LogP) is 3.80. The van der Waals surface area contributed by atoms with E-state index in [9.17, 15) is 0 Å². The van der Waals surface area contributed by atoms with Crippen molar-refractivity contribution in [2.75, 3.05) is 26.7 Å². The average molecular weight is 283 g/mol. The highest BCUT2D eigenvalue weighted by Gasteiger charge is 2.08. The van der Waals surface area contributed by atoms with Crippen LogP contribution in [0.2, 0.25) is 5.02 Å². The van der Waals surface area contributed by atoms with Crippen LogP contribution in [0.3, 0.4) is 0 Å². The molecule has 0 aliphatic rings. The zero-order valence-electron chi connectivity index (χ0n) is 12.7. The van der Waals surface area contributed by atoms with E-state index < -0.39 is 0 Å². The molecule has 3 heteroatoms. The van der Waals surface area contributed by atoms with E-state index in [-0.39, 0.29) is 0 Å². The number of halogens is 1. The van der Waals surface area contributed by atoms with Crippen LogP contribution >= 0.6 is 11.6 Å². The van der Waals surface area contributed by atoms with Gasteiger partial charge in [-0.25, -0.2) is 0 Å². The molecule has 0 unspecified atom stereocenters. The first-order chi connectivity index (χ1) is 8.87. The molecule has 0 aliphatic heterocycles. The van der Waals surface area contributed by atoms with Gasteiger partial charge in [0.2, 0.25) is 0 Å². The van der Waals surface area contributed by atoms with Gasteiger partial charge in [0.15, 0.2) is 0 Å². The second-order valence-electron chi connectivity index (χ2n) is 6.43. The summed E-state index contributed by atoms with van der Waals surface area (Å²) in [6.45, 7) is 11.0. The normalized spacial score (nSPS) is 12.1. The van der Waals surface area contributed by atoms with Gasteiger partial charge in [-0.15, -0.1) is 0 Å². The molecule has 0 fully saturated rings. The number of hydrogen-bond donors (Lipinski definition) is 1. The van der Waals surface area contributed by atoms with Gasteiger partial charge in [0.1, 0.15) is 0 Å². The van der Waals surface area contributed by atoms with E-state index in [4.69, 9.17) is 11.6 Å². The van der Waals surface area contributed by atoms with Gasteiger partial charge in [-0.05, 0) is 43.1 Å². The number of nitrogens with zero attached hydrogens (tertiary/aromatic N) is 1. The summed E-state index contributed by atoms with van der Waals surface area (Å²) in [5.74, 6) is 0. The van der Waals surface area contributed by atoms with Gasteiger partial charge in [-0.1, -0.05) is 44.5 Å². The molecular weight excluding hydrogens is 256 g/mol. The number of hydrogen-bond acceptors (Lipinski definition) is 2. The third kappa shape index (κ3) is 8.25. The summed E-state index contributed by atoms with van der Waals surface area (Å²) in [6, 6.07) is 8.08. The molecule has 0 heterocycles. The third-order valence-electron chi connectivity index (χ3n) is 3.06. The van der Waals surface area contributed by atoms with Crippen molar-refractivity contribution in [1.29, 1.82) is 0 Å².